The van der Waals surface area contributed by atoms with E-state index in [1.54, 1.807) is 0 Å². The number of hydrogen-bond acceptors (Lipinski definition) is 1. The zero-order chi connectivity index (χ0) is 10.4. The summed E-state index contributed by atoms with van der Waals surface area (Å²) >= 11 is 0. The molecule has 0 N–H and O–H groups in total. The van der Waals surface area contributed by atoms with Crippen molar-refractivity contribution in [2.75, 3.05) is 0 Å². The van der Waals surface area contributed by atoms with Crippen molar-refractivity contribution in [2.24, 2.45) is 11.8 Å². The molecule has 78 valence electrons. The first kappa shape index (κ1) is 11.3. The quantitative estimate of drug-likeness (QED) is 0.615. The Kier molecular flexibility index (Phi) is 4.73. The molecule has 0 spiro atoms. The van der Waals surface area contributed by atoms with Crippen molar-refractivity contribution in [1.82, 2.24) is 0 Å². The number of hydrogen-bond donors (Lipinski definition) is 0. The van der Waals surface area contributed by atoms with E-state index < -0.39 is 0 Å². The highest BCUT2D eigenvalue weighted by atomic mass is 14.3. The molecule has 1 aliphatic rings. The molecule has 0 aromatic heterocycles. The summed E-state index contributed by atoms with van der Waals surface area (Å²) in [5.74, 6) is 1.33. The molecule has 1 rings (SSSR count). The lowest BCUT2D eigenvalue weighted by Crippen LogP contribution is -2.12. The van der Waals surface area contributed by atoms with E-state index in [4.69, 9.17) is 5.26 Å². The van der Waals surface area contributed by atoms with Gasteiger partial charge in [-0.25, -0.2) is 0 Å². The maximum atomic E-state index is 8.84. The number of rotatable bonds is 4. The van der Waals surface area contributed by atoms with Gasteiger partial charge in [0.15, 0.2) is 0 Å². The third kappa shape index (κ3) is 2.87. The number of nitriles is 1. The van der Waals surface area contributed by atoms with Crippen LogP contribution in [-0.2, 0) is 0 Å². The molecule has 0 heterocycles. The van der Waals surface area contributed by atoms with Gasteiger partial charge in [-0.2, -0.15) is 5.26 Å². The first-order valence-corrected chi connectivity index (χ1v) is 5.83. The molecule has 14 heavy (non-hydrogen) atoms. The van der Waals surface area contributed by atoms with Gasteiger partial charge in [0, 0.05) is 6.42 Å². The molecule has 0 aromatic rings. The molecule has 1 saturated carbocycles. The topological polar surface area (TPSA) is 23.8 Å². The van der Waals surface area contributed by atoms with E-state index in [2.05, 4.69) is 26.0 Å². The molecule has 0 bridgehead atoms. The lowest BCUT2D eigenvalue weighted by Gasteiger charge is -2.21. The maximum absolute atomic E-state index is 8.84. The molecule has 0 saturated heterocycles. The Labute approximate surface area is 87.8 Å². The highest BCUT2D eigenvalue weighted by molar-refractivity contribution is 5.08. The van der Waals surface area contributed by atoms with Crippen LogP contribution in [0.15, 0.2) is 11.6 Å². The van der Waals surface area contributed by atoms with Gasteiger partial charge in [-0.05, 0) is 38.0 Å². The van der Waals surface area contributed by atoms with Crippen molar-refractivity contribution in [3.05, 3.63) is 11.6 Å². The van der Waals surface area contributed by atoms with Crippen molar-refractivity contribution in [1.29, 1.82) is 5.26 Å². The van der Waals surface area contributed by atoms with Crippen LogP contribution in [0.1, 0.15) is 52.4 Å². The summed E-state index contributed by atoms with van der Waals surface area (Å²) in [6.45, 7) is 4.37. The summed E-state index contributed by atoms with van der Waals surface area (Å²) in [4.78, 5) is 0. The Bertz CT molecular complexity index is 228. The van der Waals surface area contributed by atoms with E-state index in [1.807, 2.05) is 0 Å². The van der Waals surface area contributed by atoms with E-state index in [0.717, 1.165) is 12.3 Å². The minimum absolute atomic E-state index is 0.544. The molecule has 1 nitrogen and oxygen atoms in total. The van der Waals surface area contributed by atoms with Gasteiger partial charge in [-0.1, -0.05) is 31.4 Å². The standard InChI is InChI=1S/C13H21N/c1-3-6-11(2)13(9-10-14)12-7-4-5-8-12/h6,12-13H,3-5,7-9H2,1-2H3/b11-6+. The fraction of sp³-hybridized carbons (Fsp3) is 0.769. The zero-order valence-corrected chi connectivity index (χ0v) is 9.42. The summed E-state index contributed by atoms with van der Waals surface area (Å²) < 4.78 is 0. The first-order valence-electron chi connectivity index (χ1n) is 5.83. The Morgan fingerprint density at radius 3 is 2.64 bits per heavy atom. The van der Waals surface area contributed by atoms with Crippen LogP contribution in [0.25, 0.3) is 0 Å². The van der Waals surface area contributed by atoms with Crippen LogP contribution in [-0.4, -0.2) is 0 Å². The SMILES string of the molecule is CC/C=C(\C)C(CC#N)C1CCCC1. The average Bonchev–Trinajstić information content (AvgIpc) is 2.67. The molecular weight excluding hydrogens is 170 g/mol. The predicted octanol–water partition coefficient (Wildman–Crippen LogP) is 4.06. The minimum atomic E-state index is 0.544. The summed E-state index contributed by atoms with van der Waals surface area (Å²) in [6, 6.07) is 2.34. The van der Waals surface area contributed by atoms with Crippen molar-refractivity contribution in [2.45, 2.75) is 52.4 Å². The maximum Gasteiger partial charge on any atom is 0.0628 e. The first-order chi connectivity index (χ1) is 6.79. The smallest absolute Gasteiger partial charge is 0.0628 e. The predicted molar refractivity (Wildman–Crippen MR) is 59.7 cm³/mol. The fourth-order valence-corrected chi connectivity index (χ4v) is 2.63. The van der Waals surface area contributed by atoms with Crippen LogP contribution in [0.3, 0.4) is 0 Å². The third-order valence-corrected chi connectivity index (χ3v) is 3.39. The third-order valence-electron chi connectivity index (χ3n) is 3.39. The lowest BCUT2D eigenvalue weighted by atomic mass is 9.83. The molecule has 1 fully saturated rings. The summed E-state index contributed by atoms with van der Waals surface area (Å²) in [7, 11) is 0. The molecule has 0 radical (unpaired) electrons. The largest absolute Gasteiger partial charge is 0.198 e. The van der Waals surface area contributed by atoms with Crippen LogP contribution >= 0.6 is 0 Å². The molecule has 0 amide bonds. The number of allylic oxidation sites excluding steroid dienone is 2. The molecule has 0 aromatic carbocycles. The lowest BCUT2D eigenvalue weighted by molar-refractivity contribution is 0.392. The summed E-state index contributed by atoms with van der Waals surface area (Å²) in [6.07, 6.45) is 9.51. The summed E-state index contributed by atoms with van der Waals surface area (Å²) in [5.41, 5.74) is 1.45. The van der Waals surface area contributed by atoms with Crippen molar-refractivity contribution in [3.63, 3.8) is 0 Å². The Balaban J connectivity index is 2.62. The highest BCUT2D eigenvalue weighted by Gasteiger charge is 2.25. The van der Waals surface area contributed by atoms with E-state index in [-0.39, 0.29) is 0 Å². The molecule has 1 aliphatic carbocycles. The molecule has 1 unspecified atom stereocenters. The van der Waals surface area contributed by atoms with E-state index in [0.29, 0.717) is 12.3 Å². The van der Waals surface area contributed by atoms with E-state index in [9.17, 15) is 0 Å². The van der Waals surface area contributed by atoms with E-state index >= 15 is 0 Å². The fourth-order valence-electron chi connectivity index (χ4n) is 2.63. The molecule has 1 heteroatoms. The van der Waals surface area contributed by atoms with Crippen molar-refractivity contribution >= 4 is 0 Å². The molecular formula is C13H21N. The number of nitrogens with zero attached hydrogens (tertiary/aromatic N) is 1. The summed E-state index contributed by atoms with van der Waals surface area (Å²) in [5, 5.41) is 8.84. The van der Waals surface area contributed by atoms with Crippen LogP contribution in [0, 0.1) is 23.2 Å². The second kappa shape index (κ2) is 5.86. The van der Waals surface area contributed by atoms with Crippen LogP contribution in [0.4, 0.5) is 0 Å². The monoisotopic (exact) mass is 191 g/mol. The van der Waals surface area contributed by atoms with Gasteiger partial charge in [-0.3, -0.25) is 0 Å². The Morgan fingerprint density at radius 1 is 1.50 bits per heavy atom. The Hall–Kier alpha value is -0.770. The van der Waals surface area contributed by atoms with Crippen molar-refractivity contribution < 1.29 is 0 Å². The van der Waals surface area contributed by atoms with Gasteiger partial charge >= 0.3 is 0 Å². The minimum Gasteiger partial charge on any atom is -0.198 e. The van der Waals surface area contributed by atoms with Gasteiger partial charge in [0.2, 0.25) is 0 Å². The Morgan fingerprint density at radius 2 is 2.14 bits per heavy atom. The van der Waals surface area contributed by atoms with Gasteiger partial charge < -0.3 is 0 Å². The van der Waals surface area contributed by atoms with Gasteiger partial charge in [-0.15, -0.1) is 0 Å². The van der Waals surface area contributed by atoms with E-state index in [1.165, 1.54) is 31.3 Å². The molecule has 0 aliphatic heterocycles. The second-order valence-corrected chi connectivity index (χ2v) is 4.37. The average molecular weight is 191 g/mol. The normalized spacial score (nSPS) is 20.8. The van der Waals surface area contributed by atoms with Crippen LogP contribution in [0.5, 0.6) is 0 Å². The van der Waals surface area contributed by atoms with Crippen molar-refractivity contribution in [3.8, 4) is 6.07 Å². The second-order valence-electron chi connectivity index (χ2n) is 4.37. The highest BCUT2D eigenvalue weighted by Crippen LogP contribution is 2.36. The zero-order valence-electron chi connectivity index (χ0n) is 9.42. The van der Waals surface area contributed by atoms with Gasteiger partial charge in [0.25, 0.3) is 0 Å². The van der Waals surface area contributed by atoms with Gasteiger partial charge in [0.05, 0.1) is 6.07 Å². The van der Waals surface area contributed by atoms with Gasteiger partial charge in [0.1, 0.15) is 0 Å². The molecule has 1 atom stereocenters. The van der Waals surface area contributed by atoms with Crippen LogP contribution < -0.4 is 0 Å². The van der Waals surface area contributed by atoms with Crippen LogP contribution in [0.2, 0.25) is 0 Å².